The van der Waals surface area contributed by atoms with Crippen molar-refractivity contribution in [2.45, 2.75) is 17.9 Å². The molecule has 31 heavy (non-hydrogen) atoms. The van der Waals surface area contributed by atoms with E-state index in [9.17, 15) is 9.32 Å². The molecule has 1 saturated heterocycles. The number of pyridine rings is 1. The van der Waals surface area contributed by atoms with Crippen molar-refractivity contribution in [3.05, 3.63) is 65.9 Å². The minimum Gasteiger partial charge on any atom is -0.383 e. The molecule has 2 N–H and O–H groups in total. The maximum atomic E-state index is 14.7. The van der Waals surface area contributed by atoms with Crippen molar-refractivity contribution >= 4 is 25.8 Å². The largest absolute Gasteiger partial charge is 0.383 e. The second-order valence-corrected chi connectivity index (χ2v) is 12.9. The summed E-state index contributed by atoms with van der Waals surface area (Å²) in [7, 11) is -3.73. The molecule has 3 aromatic rings. The smallest absolute Gasteiger partial charge is 0.114 e. The number of aliphatic hydroxyl groups excluding tert-OH is 1. The first-order chi connectivity index (χ1) is 15.0. The van der Waals surface area contributed by atoms with Gasteiger partial charge in [-0.3, -0.25) is 9.19 Å². The molecule has 0 unspecified atom stereocenters. The zero-order chi connectivity index (χ0) is 21.5. The van der Waals surface area contributed by atoms with Crippen LogP contribution in [-0.4, -0.2) is 63.5 Å². The van der Waals surface area contributed by atoms with E-state index < -0.39 is 15.2 Å². The Morgan fingerprint density at radius 1 is 1.06 bits per heavy atom. The van der Waals surface area contributed by atoms with Gasteiger partial charge < -0.3 is 15.3 Å². The molecule has 0 amide bonds. The van der Waals surface area contributed by atoms with E-state index in [0.29, 0.717) is 23.5 Å². The third kappa shape index (κ3) is 3.36. The molecule has 1 fully saturated rings. The number of fused-ring (bicyclic) bond motifs is 2. The monoisotopic (exact) mass is 438 g/mol. The number of para-hydroxylation sites is 1. The predicted octanol–water partition coefficient (Wildman–Crippen LogP) is 2.38. The molecule has 2 aromatic carbocycles. The van der Waals surface area contributed by atoms with E-state index in [4.69, 9.17) is 0 Å². The van der Waals surface area contributed by atoms with E-state index in [1.807, 2.05) is 34.6 Å². The van der Waals surface area contributed by atoms with E-state index >= 15 is 0 Å². The number of piperazine rings is 1. The van der Waals surface area contributed by atoms with Crippen molar-refractivity contribution in [2.24, 2.45) is 0 Å². The fraction of sp³-hybridized carbons (Fsp3) is 0.375. The summed E-state index contributed by atoms with van der Waals surface area (Å²) in [6.45, 7) is 5.21. The fourth-order valence-corrected chi connectivity index (χ4v) is 7.68. The maximum absolute atomic E-state index is 14.7. The Morgan fingerprint density at radius 3 is 2.65 bits per heavy atom. The SMILES string of the molecule is CS(=O)(CO)(c1cccc2cccnc12)N1CCc2c(cccc2N2CCNCC2)C1. The highest BCUT2D eigenvalue weighted by molar-refractivity contribution is 8.17. The minimum atomic E-state index is -3.73. The van der Waals surface area contributed by atoms with Gasteiger partial charge in [0, 0.05) is 62.8 Å². The van der Waals surface area contributed by atoms with Crippen LogP contribution in [0.15, 0.2) is 59.6 Å². The van der Waals surface area contributed by atoms with Gasteiger partial charge in [0.1, 0.15) is 5.94 Å². The normalized spacial score (nSPS) is 19.0. The summed E-state index contributed by atoms with van der Waals surface area (Å²) < 4.78 is 16.7. The Hall–Kier alpha value is -2.32. The molecule has 0 spiro atoms. The van der Waals surface area contributed by atoms with E-state index in [2.05, 4.69) is 33.4 Å². The molecule has 164 valence electrons. The zero-order valence-corrected chi connectivity index (χ0v) is 18.8. The highest BCUT2D eigenvalue weighted by Crippen LogP contribution is 2.43. The lowest BCUT2D eigenvalue weighted by Gasteiger charge is -2.49. The molecular formula is C24H30N4O2S. The third-order valence-electron chi connectivity index (χ3n) is 6.80. The second-order valence-electron chi connectivity index (χ2n) is 8.71. The van der Waals surface area contributed by atoms with Gasteiger partial charge in [-0.15, -0.1) is 0 Å². The molecule has 0 radical (unpaired) electrons. The summed E-state index contributed by atoms with van der Waals surface area (Å²) in [5.74, 6) is -0.417. The van der Waals surface area contributed by atoms with Gasteiger partial charge in [0.15, 0.2) is 0 Å². The van der Waals surface area contributed by atoms with E-state index in [1.165, 1.54) is 16.8 Å². The van der Waals surface area contributed by atoms with Crippen molar-refractivity contribution < 1.29 is 9.32 Å². The van der Waals surface area contributed by atoms with Crippen LogP contribution in [0.3, 0.4) is 0 Å². The molecule has 0 aliphatic carbocycles. The number of benzene rings is 2. The molecule has 6 nitrogen and oxygen atoms in total. The average Bonchev–Trinajstić information content (AvgIpc) is 2.83. The molecule has 1 aromatic heterocycles. The van der Waals surface area contributed by atoms with Crippen LogP contribution in [0.2, 0.25) is 0 Å². The topological polar surface area (TPSA) is 68.7 Å². The van der Waals surface area contributed by atoms with Crippen LogP contribution in [0.25, 0.3) is 10.9 Å². The molecule has 0 bridgehead atoms. The van der Waals surface area contributed by atoms with Crippen LogP contribution in [0.5, 0.6) is 0 Å². The molecule has 7 heteroatoms. The number of rotatable bonds is 4. The number of aromatic nitrogens is 1. The van der Waals surface area contributed by atoms with Crippen LogP contribution < -0.4 is 10.2 Å². The van der Waals surface area contributed by atoms with Crippen molar-refractivity contribution in [1.29, 1.82) is 0 Å². The predicted molar refractivity (Wildman–Crippen MR) is 127 cm³/mol. The Morgan fingerprint density at radius 2 is 1.84 bits per heavy atom. The Kier molecular flexibility index (Phi) is 5.09. The number of nitrogens with one attached hydrogen (secondary N) is 1. The first-order valence-corrected chi connectivity index (χ1v) is 13.4. The third-order valence-corrected chi connectivity index (χ3v) is 10.5. The van der Waals surface area contributed by atoms with Crippen LogP contribution in [0.1, 0.15) is 11.1 Å². The van der Waals surface area contributed by atoms with Crippen molar-refractivity contribution in [3.8, 4) is 0 Å². The van der Waals surface area contributed by atoms with Crippen LogP contribution in [-0.2, 0) is 22.2 Å². The summed E-state index contributed by atoms with van der Waals surface area (Å²) in [4.78, 5) is 7.62. The zero-order valence-electron chi connectivity index (χ0n) is 18.0. The van der Waals surface area contributed by atoms with Gasteiger partial charge in [-0.25, -0.2) is 4.31 Å². The molecule has 2 aliphatic heterocycles. The standard InChI is InChI=1S/C24H30N4O2S/c1-31(30,18-29,23-9-3-5-19-7-4-11-26-24(19)23)28-14-10-21-20(17-28)6-2-8-22(21)27-15-12-25-13-16-27/h2-9,11,25,29H,10,12-18H2,1H3. The van der Waals surface area contributed by atoms with Gasteiger partial charge in [0.05, 0.1) is 10.4 Å². The van der Waals surface area contributed by atoms with Gasteiger partial charge in [0.2, 0.25) is 0 Å². The summed E-state index contributed by atoms with van der Waals surface area (Å²) in [6, 6.07) is 16.1. The molecule has 5 rings (SSSR count). The summed E-state index contributed by atoms with van der Waals surface area (Å²) >= 11 is 0. The minimum absolute atomic E-state index is 0.417. The quantitative estimate of drug-likeness (QED) is 0.655. The Balaban J connectivity index is 1.56. The van der Waals surface area contributed by atoms with Gasteiger partial charge in [0.25, 0.3) is 0 Å². The summed E-state index contributed by atoms with van der Waals surface area (Å²) in [6.07, 6.45) is 4.27. The van der Waals surface area contributed by atoms with E-state index in [1.54, 1.807) is 12.5 Å². The van der Waals surface area contributed by atoms with Crippen molar-refractivity contribution in [3.63, 3.8) is 0 Å². The Labute approximate surface area is 183 Å². The fourth-order valence-electron chi connectivity index (χ4n) is 4.96. The Bertz CT molecular complexity index is 1190. The van der Waals surface area contributed by atoms with Crippen LogP contribution >= 0.6 is 0 Å². The first-order valence-electron chi connectivity index (χ1n) is 10.9. The molecule has 0 atom stereocenters. The number of anilines is 1. The lowest BCUT2D eigenvalue weighted by Crippen LogP contribution is -2.54. The van der Waals surface area contributed by atoms with Crippen LogP contribution in [0.4, 0.5) is 5.69 Å². The lowest BCUT2D eigenvalue weighted by atomic mass is 9.98. The van der Waals surface area contributed by atoms with Gasteiger partial charge in [-0.05, 0) is 45.0 Å². The molecular weight excluding hydrogens is 408 g/mol. The summed E-state index contributed by atoms with van der Waals surface area (Å²) in [5, 5.41) is 14.9. The number of aliphatic hydroxyl groups is 1. The second kappa shape index (κ2) is 7.67. The maximum Gasteiger partial charge on any atom is 0.114 e. The van der Waals surface area contributed by atoms with Gasteiger partial charge in [-0.2, -0.15) is 0 Å². The van der Waals surface area contributed by atoms with E-state index in [-0.39, 0.29) is 0 Å². The lowest BCUT2D eigenvalue weighted by molar-refractivity contribution is 0.326. The average molecular weight is 439 g/mol. The first kappa shape index (κ1) is 20.6. The summed E-state index contributed by atoms with van der Waals surface area (Å²) in [5.41, 5.74) is 4.56. The molecule has 2 aliphatic rings. The van der Waals surface area contributed by atoms with Gasteiger partial charge in [-0.1, -0.05) is 30.3 Å². The van der Waals surface area contributed by atoms with Crippen LogP contribution in [0, 0.1) is 0 Å². The number of hydrogen-bond acceptors (Lipinski definition) is 5. The van der Waals surface area contributed by atoms with Gasteiger partial charge >= 0.3 is 0 Å². The highest BCUT2D eigenvalue weighted by Gasteiger charge is 2.43. The number of hydrogen-bond donors (Lipinski definition) is 2. The van der Waals surface area contributed by atoms with Crippen molar-refractivity contribution in [2.75, 3.05) is 49.8 Å². The highest BCUT2D eigenvalue weighted by atomic mass is 32.3. The van der Waals surface area contributed by atoms with Crippen molar-refractivity contribution in [1.82, 2.24) is 14.6 Å². The van der Waals surface area contributed by atoms with E-state index in [0.717, 1.165) is 38.0 Å². The number of nitrogens with zero attached hydrogens (tertiary/aromatic N) is 3. The molecule has 0 saturated carbocycles. The molecule has 3 heterocycles.